The number of nitrogens with one attached hydrogen (secondary N) is 1. The Morgan fingerprint density at radius 1 is 1.08 bits per heavy atom. The number of aryl methyl sites for hydroxylation is 1. The number of rotatable bonds is 8. The molecule has 8 nitrogen and oxygen atoms in total. The van der Waals surface area contributed by atoms with Gasteiger partial charge in [-0.3, -0.25) is 14.9 Å². The summed E-state index contributed by atoms with van der Waals surface area (Å²) in [7, 11) is 3.07. The van der Waals surface area contributed by atoms with Crippen LogP contribution in [0.3, 0.4) is 0 Å². The predicted octanol–water partition coefficient (Wildman–Crippen LogP) is 2.62. The van der Waals surface area contributed by atoms with Crippen LogP contribution in [0, 0.1) is 17.0 Å². The van der Waals surface area contributed by atoms with Crippen LogP contribution >= 0.6 is 0 Å². The van der Waals surface area contributed by atoms with Gasteiger partial charge in [-0.15, -0.1) is 0 Å². The van der Waals surface area contributed by atoms with E-state index in [2.05, 4.69) is 5.32 Å². The molecule has 0 aliphatic carbocycles. The largest absolute Gasteiger partial charge is 0.493 e. The van der Waals surface area contributed by atoms with Gasteiger partial charge >= 0.3 is 5.69 Å². The van der Waals surface area contributed by atoms with E-state index in [9.17, 15) is 14.9 Å². The number of nitrogens with zero attached hydrogens (tertiary/aromatic N) is 1. The lowest BCUT2D eigenvalue weighted by atomic mass is 10.2. The second-order valence-corrected chi connectivity index (χ2v) is 5.48. The Balaban J connectivity index is 1.93. The number of benzene rings is 2. The van der Waals surface area contributed by atoms with E-state index in [0.29, 0.717) is 11.5 Å². The predicted molar refractivity (Wildman–Crippen MR) is 94.7 cm³/mol. The minimum absolute atomic E-state index is 0.0573. The zero-order valence-electron chi connectivity index (χ0n) is 14.8. The second kappa shape index (κ2) is 8.70. The summed E-state index contributed by atoms with van der Waals surface area (Å²) < 4.78 is 15.7. The molecular formula is C18H20N2O6. The number of hydrogen-bond acceptors (Lipinski definition) is 6. The van der Waals surface area contributed by atoms with E-state index < -0.39 is 10.8 Å². The molecule has 2 aromatic rings. The zero-order valence-corrected chi connectivity index (χ0v) is 14.8. The fourth-order valence-electron chi connectivity index (χ4n) is 2.28. The number of carbonyl (C=O) groups excluding carboxylic acids is 1. The van der Waals surface area contributed by atoms with Crippen LogP contribution in [0.15, 0.2) is 36.4 Å². The van der Waals surface area contributed by atoms with Gasteiger partial charge in [0, 0.05) is 12.6 Å². The van der Waals surface area contributed by atoms with Crippen LogP contribution in [0.4, 0.5) is 5.69 Å². The molecule has 8 heteroatoms. The molecule has 0 heterocycles. The Morgan fingerprint density at radius 3 is 2.42 bits per heavy atom. The van der Waals surface area contributed by atoms with E-state index >= 15 is 0 Å². The van der Waals surface area contributed by atoms with E-state index in [4.69, 9.17) is 14.2 Å². The highest BCUT2D eigenvalue weighted by atomic mass is 16.6. The van der Waals surface area contributed by atoms with Gasteiger partial charge in [-0.25, -0.2) is 0 Å². The fraction of sp³-hybridized carbons (Fsp3) is 0.278. The highest BCUT2D eigenvalue weighted by Gasteiger charge is 2.16. The Kier molecular flexibility index (Phi) is 6.37. The molecule has 2 rings (SSSR count). The number of hydrogen-bond donors (Lipinski definition) is 1. The number of nitro groups is 1. The summed E-state index contributed by atoms with van der Waals surface area (Å²) in [6.07, 6.45) is 0. The van der Waals surface area contributed by atoms with Crippen molar-refractivity contribution in [2.75, 3.05) is 20.8 Å². The van der Waals surface area contributed by atoms with E-state index in [0.717, 1.165) is 11.1 Å². The Morgan fingerprint density at radius 2 is 1.77 bits per heavy atom. The second-order valence-electron chi connectivity index (χ2n) is 5.48. The van der Waals surface area contributed by atoms with Gasteiger partial charge in [0.2, 0.25) is 0 Å². The van der Waals surface area contributed by atoms with Crippen molar-refractivity contribution < 1.29 is 23.9 Å². The fourth-order valence-corrected chi connectivity index (χ4v) is 2.28. The molecule has 0 spiro atoms. The minimum atomic E-state index is -0.538. The smallest absolute Gasteiger partial charge is 0.311 e. The molecule has 2 aromatic carbocycles. The molecule has 0 radical (unpaired) electrons. The molecule has 0 aromatic heterocycles. The molecule has 0 unspecified atom stereocenters. The normalized spacial score (nSPS) is 10.1. The van der Waals surface area contributed by atoms with Crippen LogP contribution in [0.1, 0.15) is 11.1 Å². The molecule has 26 heavy (non-hydrogen) atoms. The zero-order chi connectivity index (χ0) is 19.1. The van der Waals surface area contributed by atoms with Crippen molar-refractivity contribution in [1.29, 1.82) is 0 Å². The van der Waals surface area contributed by atoms with Gasteiger partial charge in [-0.2, -0.15) is 0 Å². The van der Waals surface area contributed by atoms with Crippen LogP contribution in [0.5, 0.6) is 17.2 Å². The lowest BCUT2D eigenvalue weighted by molar-refractivity contribution is -0.385. The Bertz CT molecular complexity index is 806. The highest BCUT2D eigenvalue weighted by Crippen LogP contribution is 2.28. The first kappa shape index (κ1) is 19.0. The van der Waals surface area contributed by atoms with Crippen molar-refractivity contribution >= 4 is 11.6 Å². The van der Waals surface area contributed by atoms with E-state index in [1.54, 1.807) is 38.3 Å². The summed E-state index contributed by atoms with van der Waals surface area (Å²) >= 11 is 0. The molecule has 0 atom stereocenters. The third kappa shape index (κ3) is 4.85. The molecule has 0 saturated heterocycles. The van der Waals surface area contributed by atoms with Crippen molar-refractivity contribution in [1.82, 2.24) is 5.32 Å². The SMILES string of the molecule is COc1ccc(CNC(=O)COc2ccc(C)cc2[N+](=O)[O-])cc1OC. The Hall–Kier alpha value is -3.29. The molecule has 0 bridgehead atoms. The van der Waals surface area contributed by atoms with Crippen molar-refractivity contribution in [2.45, 2.75) is 13.5 Å². The molecule has 0 saturated carbocycles. The topological polar surface area (TPSA) is 99.9 Å². The standard InChI is InChI=1S/C18H20N2O6/c1-12-4-6-15(14(8-12)20(22)23)26-11-18(21)19-10-13-5-7-16(24-2)17(9-13)25-3/h4-9H,10-11H2,1-3H3,(H,19,21). The lowest BCUT2D eigenvalue weighted by Gasteiger charge is -2.11. The van der Waals surface area contributed by atoms with Gasteiger partial charge < -0.3 is 19.5 Å². The van der Waals surface area contributed by atoms with Crippen LogP contribution in [-0.4, -0.2) is 31.7 Å². The first-order valence-electron chi connectivity index (χ1n) is 7.80. The average molecular weight is 360 g/mol. The monoisotopic (exact) mass is 360 g/mol. The number of amides is 1. The van der Waals surface area contributed by atoms with Crippen molar-refractivity contribution in [3.8, 4) is 17.2 Å². The van der Waals surface area contributed by atoms with Crippen LogP contribution in [-0.2, 0) is 11.3 Å². The summed E-state index contributed by atoms with van der Waals surface area (Å²) in [6, 6.07) is 9.86. The molecular weight excluding hydrogens is 340 g/mol. The summed E-state index contributed by atoms with van der Waals surface area (Å²) in [5, 5.41) is 13.7. The van der Waals surface area contributed by atoms with Gasteiger partial charge in [0.05, 0.1) is 19.1 Å². The maximum Gasteiger partial charge on any atom is 0.311 e. The third-order valence-corrected chi connectivity index (χ3v) is 3.61. The quantitative estimate of drug-likeness (QED) is 0.574. The minimum Gasteiger partial charge on any atom is -0.493 e. The van der Waals surface area contributed by atoms with Crippen LogP contribution in [0.25, 0.3) is 0 Å². The number of ether oxygens (including phenoxy) is 3. The number of nitro benzene ring substituents is 1. The van der Waals surface area contributed by atoms with E-state index in [1.807, 2.05) is 0 Å². The first-order valence-corrected chi connectivity index (χ1v) is 7.80. The van der Waals surface area contributed by atoms with Gasteiger partial charge in [0.25, 0.3) is 5.91 Å². The highest BCUT2D eigenvalue weighted by molar-refractivity contribution is 5.77. The molecule has 0 aliphatic rings. The summed E-state index contributed by atoms with van der Waals surface area (Å²) in [6.45, 7) is 1.68. The number of carbonyl (C=O) groups is 1. The van der Waals surface area contributed by atoms with E-state index in [1.165, 1.54) is 19.2 Å². The Labute approximate surface area is 150 Å². The molecule has 138 valence electrons. The van der Waals surface area contributed by atoms with Crippen molar-refractivity contribution in [2.24, 2.45) is 0 Å². The first-order chi connectivity index (χ1) is 12.4. The average Bonchev–Trinajstić information content (AvgIpc) is 2.64. The van der Waals surface area contributed by atoms with E-state index in [-0.39, 0.29) is 24.6 Å². The van der Waals surface area contributed by atoms with Gasteiger partial charge in [-0.05, 0) is 36.2 Å². The number of methoxy groups -OCH3 is 2. The molecule has 1 amide bonds. The lowest BCUT2D eigenvalue weighted by Crippen LogP contribution is -2.28. The van der Waals surface area contributed by atoms with Crippen molar-refractivity contribution in [3.63, 3.8) is 0 Å². The van der Waals surface area contributed by atoms with Gasteiger partial charge in [0.1, 0.15) is 0 Å². The van der Waals surface area contributed by atoms with Crippen LogP contribution < -0.4 is 19.5 Å². The van der Waals surface area contributed by atoms with Crippen molar-refractivity contribution in [3.05, 3.63) is 57.6 Å². The van der Waals surface area contributed by atoms with Crippen LogP contribution in [0.2, 0.25) is 0 Å². The maximum atomic E-state index is 12.0. The molecule has 0 fully saturated rings. The molecule has 0 aliphatic heterocycles. The summed E-state index contributed by atoms with van der Waals surface area (Å²) in [5.41, 5.74) is 1.39. The van der Waals surface area contributed by atoms with Gasteiger partial charge in [-0.1, -0.05) is 12.1 Å². The summed E-state index contributed by atoms with van der Waals surface area (Å²) in [5.74, 6) is 0.819. The third-order valence-electron chi connectivity index (χ3n) is 3.61. The summed E-state index contributed by atoms with van der Waals surface area (Å²) in [4.78, 5) is 22.5. The maximum absolute atomic E-state index is 12.0. The van der Waals surface area contributed by atoms with Gasteiger partial charge in [0.15, 0.2) is 23.9 Å². The molecule has 1 N–H and O–H groups in total.